The summed E-state index contributed by atoms with van der Waals surface area (Å²) in [5, 5.41) is 0. The fourth-order valence-electron chi connectivity index (χ4n) is 2.74. The monoisotopic (exact) mass is 362 g/mol. The molecule has 1 heterocycles. The van der Waals surface area contributed by atoms with E-state index in [-0.39, 0.29) is 12.4 Å². The first-order valence-electron chi connectivity index (χ1n) is 7.78. The first-order chi connectivity index (χ1) is 11.7. The molecule has 0 aromatic heterocycles. The van der Waals surface area contributed by atoms with Crippen molar-refractivity contribution in [3.8, 4) is 5.75 Å². The first kappa shape index (κ1) is 17.7. The highest BCUT2D eigenvalue weighted by atomic mass is 32.2. The van der Waals surface area contributed by atoms with Crippen LogP contribution in [0.1, 0.15) is 36.1 Å². The summed E-state index contributed by atoms with van der Waals surface area (Å²) in [6.07, 6.45) is 0. The summed E-state index contributed by atoms with van der Waals surface area (Å²) in [7, 11) is 0. The van der Waals surface area contributed by atoms with Crippen LogP contribution in [-0.2, 0) is 17.8 Å². The molecule has 25 heavy (non-hydrogen) atoms. The Morgan fingerprint density at radius 3 is 2.72 bits per heavy atom. The van der Waals surface area contributed by atoms with Crippen molar-refractivity contribution < 1.29 is 17.9 Å². The van der Waals surface area contributed by atoms with E-state index in [9.17, 15) is 8.60 Å². The third kappa shape index (κ3) is 3.95. The number of nitrogens with zero attached hydrogens (tertiary/aromatic N) is 1. The molecule has 0 amide bonds. The van der Waals surface area contributed by atoms with Crippen molar-refractivity contribution >= 4 is 17.0 Å². The van der Waals surface area contributed by atoms with E-state index in [0.717, 1.165) is 22.4 Å². The fraction of sp³-hybridized carbons (Fsp3) is 0.278. The van der Waals surface area contributed by atoms with Gasteiger partial charge in [-0.3, -0.25) is 4.55 Å². The molecule has 2 aromatic carbocycles. The minimum Gasteiger partial charge on any atom is -0.466 e. The highest BCUT2D eigenvalue weighted by Gasteiger charge is 2.29. The van der Waals surface area contributed by atoms with E-state index in [4.69, 9.17) is 9.29 Å². The normalized spacial score (nSPS) is 16.6. The minimum absolute atomic E-state index is 0.238. The number of hydrogen-bond acceptors (Lipinski definition) is 3. The SMILES string of the molecule is Cc1cc(C2=NC(C)(C)Oc3cc(CNS(=O)O)ccc32)ccc1F. The molecule has 0 saturated carbocycles. The Morgan fingerprint density at radius 2 is 2.04 bits per heavy atom. The lowest BCUT2D eigenvalue weighted by Gasteiger charge is -2.30. The van der Waals surface area contributed by atoms with Gasteiger partial charge < -0.3 is 4.74 Å². The van der Waals surface area contributed by atoms with Gasteiger partial charge in [0.15, 0.2) is 5.72 Å². The van der Waals surface area contributed by atoms with Crippen molar-refractivity contribution in [2.24, 2.45) is 4.99 Å². The Hall–Kier alpha value is -2.09. The molecule has 2 aromatic rings. The number of aryl methyl sites for hydroxylation is 1. The average Bonchev–Trinajstić information content (AvgIpc) is 2.53. The Labute approximate surface area is 148 Å². The molecule has 0 fully saturated rings. The molecule has 0 radical (unpaired) electrons. The van der Waals surface area contributed by atoms with Crippen molar-refractivity contribution in [1.29, 1.82) is 0 Å². The second kappa shape index (κ2) is 6.67. The van der Waals surface area contributed by atoms with Crippen LogP contribution in [0.2, 0.25) is 0 Å². The molecule has 3 rings (SSSR count). The van der Waals surface area contributed by atoms with Crippen LogP contribution in [0.25, 0.3) is 0 Å². The van der Waals surface area contributed by atoms with Crippen LogP contribution in [-0.4, -0.2) is 20.2 Å². The standard InChI is InChI=1S/C18H19FN2O3S/c1-11-8-13(5-7-15(11)19)17-14-6-4-12(10-20-25(22)23)9-16(14)24-18(2,3)21-17/h4-9,20H,10H2,1-3H3,(H,22,23). The summed E-state index contributed by atoms with van der Waals surface area (Å²) in [5.74, 6) is 0.384. The van der Waals surface area contributed by atoms with Crippen molar-refractivity contribution in [2.45, 2.75) is 33.0 Å². The average molecular weight is 362 g/mol. The van der Waals surface area contributed by atoms with Crippen LogP contribution in [0.3, 0.4) is 0 Å². The van der Waals surface area contributed by atoms with Gasteiger partial charge in [-0.1, -0.05) is 6.07 Å². The summed E-state index contributed by atoms with van der Waals surface area (Å²) in [6.45, 7) is 5.65. The molecular formula is C18H19FN2O3S. The van der Waals surface area contributed by atoms with E-state index >= 15 is 0 Å². The van der Waals surface area contributed by atoms with Crippen LogP contribution in [0.4, 0.5) is 4.39 Å². The minimum atomic E-state index is -2.07. The number of halogens is 1. The lowest BCUT2D eigenvalue weighted by molar-refractivity contribution is 0.115. The highest BCUT2D eigenvalue weighted by molar-refractivity contribution is 7.77. The van der Waals surface area contributed by atoms with Crippen molar-refractivity contribution in [3.05, 3.63) is 64.5 Å². The number of hydrogen-bond donors (Lipinski definition) is 2. The van der Waals surface area contributed by atoms with Crippen LogP contribution in [0.5, 0.6) is 5.75 Å². The Kier molecular flexibility index (Phi) is 4.73. The summed E-state index contributed by atoms with van der Waals surface area (Å²) >= 11 is -2.07. The molecule has 7 heteroatoms. The van der Waals surface area contributed by atoms with E-state index in [2.05, 4.69) is 9.71 Å². The quantitative estimate of drug-likeness (QED) is 0.820. The molecule has 132 valence electrons. The van der Waals surface area contributed by atoms with Crippen molar-refractivity contribution in [1.82, 2.24) is 4.72 Å². The first-order valence-corrected chi connectivity index (χ1v) is 8.89. The van der Waals surface area contributed by atoms with Gasteiger partial charge in [-0.05, 0) is 62.2 Å². The maximum absolute atomic E-state index is 13.6. The highest BCUT2D eigenvalue weighted by Crippen LogP contribution is 2.33. The number of rotatable bonds is 4. The van der Waals surface area contributed by atoms with E-state index in [1.165, 1.54) is 6.07 Å². The predicted octanol–water partition coefficient (Wildman–Crippen LogP) is 3.33. The van der Waals surface area contributed by atoms with Gasteiger partial charge >= 0.3 is 0 Å². The molecule has 5 nitrogen and oxygen atoms in total. The van der Waals surface area contributed by atoms with Crippen LogP contribution >= 0.6 is 0 Å². The number of fused-ring (bicyclic) bond motifs is 1. The molecule has 0 saturated heterocycles. The van der Waals surface area contributed by atoms with E-state index in [1.54, 1.807) is 19.1 Å². The third-order valence-corrected chi connectivity index (χ3v) is 4.26. The van der Waals surface area contributed by atoms with Gasteiger partial charge in [0.2, 0.25) is 11.3 Å². The molecule has 2 N–H and O–H groups in total. The zero-order valence-electron chi connectivity index (χ0n) is 14.2. The van der Waals surface area contributed by atoms with Gasteiger partial charge in [0.25, 0.3) is 0 Å². The number of nitrogens with one attached hydrogen (secondary N) is 1. The zero-order valence-corrected chi connectivity index (χ0v) is 15.0. The molecule has 0 bridgehead atoms. The van der Waals surface area contributed by atoms with E-state index in [0.29, 0.717) is 11.3 Å². The maximum Gasteiger partial charge on any atom is 0.232 e. The van der Waals surface area contributed by atoms with Gasteiger partial charge in [-0.2, -0.15) is 0 Å². The Balaban J connectivity index is 2.04. The molecule has 1 atom stereocenters. The van der Waals surface area contributed by atoms with Crippen LogP contribution in [0.15, 0.2) is 41.4 Å². The molecule has 1 aliphatic heterocycles. The van der Waals surface area contributed by atoms with Crippen molar-refractivity contribution in [2.75, 3.05) is 0 Å². The third-order valence-electron chi connectivity index (χ3n) is 3.87. The summed E-state index contributed by atoms with van der Waals surface area (Å²) in [5.41, 5.74) is 2.96. The number of ether oxygens (including phenoxy) is 1. The molecule has 1 unspecified atom stereocenters. The lowest BCUT2D eigenvalue weighted by atomic mass is 9.96. The molecular weight excluding hydrogens is 343 g/mol. The lowest BCUT2D eigenvalue weighted by Crippen LogP contribution is -2.32. The molecule has 0 spiro atoms. The van der Waals surface area contributed by atoms with Crippen LogP contribution in [0, 0.1) is 12.7 Å². The number of benzene rings is 2. The zero-order chi connectivity index (χ0) is 18.2. The van der Waals surface area contributed by atoms with E-state index < -0.39 is 17.0 Å². The Bertz CT molecular complexity index is 881. The van der Waals surface area contributed by atoms with Gasteiger partial charge in [0, 0.05) is 17.7 Å². The largest absolute Gasteiger partial charge is 0.466 e. The summed E-state index contributed by atoms with van der Waals surface area (Å²) in [6, 6.07) is 10.4. The van der Waals surface area contributed by atoms with Gasteiger partial charge in [-0.25, -0.2) is 18.3 Å². The maximum atomic E-state index is 13.6. The second-order valence-electron chi connectivity index (χ2n) is 6.37. The fourth-order valence-corrected chi connectivity index (χ4v) is 3.03. The Morgan fingerprint density at radius 1 is 1.28 bits per heavy atom. The van der Waals surface area contributed by atoms with Crippen LogP contribution < -0.4 is 9.46 Å². The smallest absolute Gasteiger partial charge is 0.232 e. The van der Waals surface area contributed by atoms with Crippen molar-refractivity contribution in [3.63, 3.8) is 0 Å². The summed E-state index contributed by atoms with van der Waals surface area (Å²) in [4.78, 5) is 4.67. The predicted molar refractivity (Wildman–Crippen MR) is 95.5 cm³/mol. The summed E-state index contributed by atoms with van der Waals surface area (Å²) < 4.78 is 41.6. The van der Waals surface area contributed by atoms with Gasteiger partial charge in [0.1, 0.15) is 11.6 Å². The molecule has 0 aliphatic carbocycles. The number of aliphatic imine (C=N–C) groups is 1. The van der Waals surface area contributed by atoms with Gasteiger partial charge in [0.05, 0.1) is 5.71 Å². The molecule has 1 aliphatic rings. The van der Waals surface area contributed by atoms with Gasteiger partial charge in [-0.15, -0.1) is 0 Å². The topological polar surface area (TPSA) is 70.9 Å². The van der Waals surface area contributed by atoms with E-state index in [1.807, 2.05) is 32.0 Å². The second-order valence-corrected chi connectivity index (χ2v) is 7.16.